The average molecular weight is 1020 g/mol. The molecular formula is C64H111NO8. The molecule has 0 heterocycles. The number of quaternary nitrogens is 1. The Balaban J connectivity index is 4.15. The molecule has 2 unspecified atom stereocenters. The fourth-order valence-corrected chi connectivity index (χ4v) is 8.13. The van der Waals surface area contributed by atoms with E-state index in [1.807, 2.05) is 21.1 Å². The standard InChI is InChI=1S/C64H111NO8/c1-6-8-10-12-14-16-18-20-22-24-25-26-27-28-29-30-31-32-33-34-35-36-37-39-41-43-45-47-49-51-53-55-62(67)73-60(59-72-64(63(68)69)70-57-56-65(3,4)5)58-71-61(66)54-52-50-48-46-44-42-40-38-23-21-19-17-15-13-11-9-7-2/h8-11,14-17,20-23,25-26,60,64H,6-7,12-13,18-19,24,27-59H2,1-5H3/b10-8-,11-9-,16-14-,17-15-,22-20-,23-21-,26-25-. The van der Waals surface area contributed by atoms with E-state index in [0.717, 1.165) is 89.9 Å². The first-order valence-corrected chi connectivity index (χ1v) is 29.7. The van der Waals surface area contributed by atoms with Crippen molar-refractivity contribution in [3.8, 4) is 0 Å². The van der Waals surface area contributed by atoms with Crippen molar-refractivity contribution in [1.29, 1.82) is 0 Å². The fraction of sp³-hybridized carbons (Fsp3) is 0.734. The Morgan fingerprint density at radius 3 is 1.10 bits per heavy atom. The molecule has 0 aliphatic heterocycles. The predicted molar refractivity (Wildman–Crippen MR) is 306 cm³/mol. The fourth-order valence-electron chi connectivity index (χ4n) is 8.13. The number of carbonyl (C=O) groups is 3. The third-order valence-electron chi connectivity index (χ3n) is 12.6. The quantitative estimate of drug-likeness (QED) is 0.0195. The van der Waals surface area contributed by atoms with Gasteiger partial charge in [0.2, 0.25) is 0 Å². The second-order valence-corrected chi connectivity index (χ2v) is 20.9. The van der Waals surface area contributed by atoms with Crippen molar-refractivity contribution < 1.29 is 42.9 Å². The number of esters is 2. The van der Waals surface area contributed by atoms with Crippen LogP contribution in [0.5, 0.6) is 0 Å². The number of hydrogen-bond acceptors (Lipinski definition) is 8. The van der Waals surface area contributed by atoms with Crippen molar-refractivity contribution in [1.82, 2.24) is 0 Å². The van der Waals surface area contributed by atoms with Crippen LogP contribution >= 0.6 is 0 Å². The van der Waals surface area contributed by atoms with Crippen LogP contribution in [0.4, 0.5) is 0 Å². The molecule has 420 valence electrons. The summed E-state index contributed by atoms with van der Waals surface area (Å²) in [5.74, 6) is -2.29. The largest absolute Gasteiger partial charge is 0.545 e. The first kappa shape index (κ1) is 69.5. The number of carbonyl (C=O) groups excluding carboxylic acids is 3. The van der Waals surface area contributed by atoms with E-state index in [4.69, 9.17) is 18.9 Å². The van der Waals surface area contributed by atoms with Crippen LogP contribution in [0.2, 0.25) is 0 Å². The van der Waals surface area contributed by atoms with Crippen LogP contribution < -0.4 is 5.11 Å². The van der Waals surface area contributed by atoms with Crippen molar-refractivity contribution in [2.24, 2.45) is 0 Å². The van der Waals surface area contributed by atoms with Crippen LogP contribution in [0.25, 0.3) is 0 Å². The summed E-state index contributed by atoms with van der Waals surface area (Å²) in [5.41, 5.74) is 0. The Bertz CT molecular complexity index is 1470. The van der Waals surface area contributed by atoms with E-state index in [0.29, 0.717) is 17.4 Å². The van der Waals surface area contributed by atoms with Crippen molar-refractivity contribution >= 4 is 17.9 Å². The Hall–Kier alpha value is -3.53. The number of unbranched alkanes of at least 4 members (excludes halogenated alkanes) is 25. The Morgan fingerprint density at radius 2 is 0.740 bits per heavy atom. The monoisotopic (exact) mass is 1020 g/mol. The van der Waals surface area contributed by atoms with Crippen LogP contribution in [-0.2, 0) is 33.3 Å². The van der Waals surface area contributed by atoms with E-state index >= 15 is 0 Å². The zero-order valence-electron chi connectivity index (χ0n) is 47.7. The highest BCUT2D eigenvalue weighted by molar-refractivity contribution is 5.70. The lowest BCUT2D eigenvalue weighted by Gasteiger charge is -2.26. The minimum absolute atomic E-state index is 0.144. The van der Waals surface area contributed by atoms with E-state index in [2.05, 4.69) is 98.9 Å². The zero-order valence-corrected chi connectivity index (χ0v) is 47.7. The highest BCUT2D eigenvalue weighted by Gasteiger charge is 2.22. The second-order valence-electron chi connectivity index (χ2n) is 20.9. The van der Waals surface area contributed by atoms with E-state index in [1.165, 1.54) is 122 Å². The van der Waals surface area contributed by atoms with Crippen LogP contribution in [0.3, 0.4) is 0 Å². The van der Waals surface area contributed by atoms with Crippen molar-refractivity contribution in [3.05, 3.63) is 85.1 Å². The van der Waals surface area contributed by atoms with E-state index in [1.54, 1.807) is 0 Å². The second kappa shape index (κ2) is 54.7. The molecule has 0 amide bonds. The maximum absolute atomic E-state index is 12.9. The molecule has 0 N–H and O–H groups in total. The number of carboxylic acids is 1. The summed E-state index contributed by atoms with van der Waals surface area (Å²) in [6.07, 6.45) is 69.3. The van der Waals surface area contributed by atoms with Crippen molar-refractivity contribution in [2.45, 2.75) is 257 Å². The van der Waals surface area contributed by atoms with Crippen LogP contribution in [0, 0.1) is 0 Å². The molecule has 0 saturated heterocycles. The van der Waals surface area contributed by atoms with Gasteiger partial charge in [-0.2, -0.15) is 0 Å². The molecule has 0 aromatic heterocycles. The average Bonchev–Trinajstić information content (AvgIpc) is 3.36. The van der Waals surface area contributed by atoms with Gasteiger partial charge in [-0.15, -0.1) is 0 Å². The normalized spacial score (nSPS) is 13.4. The third-order valence-corrected chi connectivity index (χ3v) is 12.6. The Morgan fingerprint density at radius 1 is 0.411 bits per heavy atom. The highest BCUT2D eigenvalue weighted by atomic mass is 16.7. The molecule has 0 radical (unpaired) electrons. The minimum Gasteiger partial charge on any atom is -0.545 e. The molecule has 73 heavy (non-hydrogen) atoms. The first-order chi connectivity index (χ1) is 35.6. The summed E-state index contributed by atoms with van der Waals surface area (Å²) < 4.78 is 22.7. The number of hydrogen-bond donors (Lipinski definition) is 0. The lowest BCUT2D eigenvalue weighted by molar-refractivity contribution is -0.870. The molecule has 0 spiro atoms. The maximum atomic E-state index is 12.9. The van der Waals surface area contributed by atoms with Gasteiger partial charge >= 0.3 is 11.9 Å². The molecule has 0 aromatic carbocycles. The molecule has 0 fully saturated rings. The van der Waals surface area contributed by atoms with Crippen LogP contribution in [-0.4, -0.2) is 82.3 Å². The van der Waals surface area contributed by atoms with E-state index in [9.17, 15) is 19.5 Å². The summed E-state index contributed by atoms with van der Waals surface area (Å²) in [7, 11) is 5.92. The van der Waals surface area contributed by atoms with Crippen LogP contribution in [0.1, 0.15) is 245 Å². The smallest absolute Gasteiger partial charge is 0.306 e. The van der Waals surface area contributed by atoms with Gasteiger partial charge in [0.25, 0.3) is 0 Å². The molecule has 0 aliphatic rings. The van der Waals surface area contributed by atoms with Gasteiger partial charge in [0.15, 0.2) is 12.4 Å². The molecule has 2 atom stereocenters. The van der Waals surface area contributed by atoms with Gasteiger partial charge in [-0.1, -0.05) is 234 Å². The number of rotatable bonds is 54. The molecule has 0 saturated carbocycles. The topological polar surface area (TPSA) is 111 Å². The Labute approximate surface area is 449 Å². The van der Waals surface area contributed by atoms with Gasteiger partial charge in [-0.05, 0) is 83.5 Å². The molecule has 9 heteroatoms. The number of ether oxygens (including phenoxy) is 4. The summed E-state index contributed by atoms with van der Waals surface area (Å²) in [4.78, 5) is 37.3. The predicted octanol–water partition coefficient (Wildman–Crippen LogP) is 16.2. The summed E-state index contributed by atoms with van der Waals surface area (Å²) in [6, 6.07) is 0. The van der Waals surface area contributed by atoms with Gasteiger partial charge < -0.3 is 33.3 Å². The number of allylic oxidation sites excluding steroid dienone is 14. The number of nitrogens with zero attached hydrogens (tertiary/aromatic N) is 1. The lowest BCUT2D eigenvalue weighted by Crippen LogP contribution is -2.44. The zero-order chi connectivity index (χ0) is 53.4. The van der Waals surface area contributed by atoms with Crippen molar-refractivity contribution in [2.75, 3.05) is 47.5 Å². The van der Waals surface area contributed by atoms with Gasteiger partial charge in [0.05, 0.1) is 40.3 Å². The summed E-state index contributed by atoms with van der Waals surface area (Å²) in [6.45, 7) is 4.52. The van der Waals surface area contributed by atoms with E-state index < -0.39 is 24.3 Å². The van der Waals surface area contributed by atoms with Crippen LogP contribution in [0.15, 0.2) is 85.1 Å². The summed E-state index contributed by atoms with van der Waals surface area (Å²) >= 11 is 0. The molecule has 0 bridgehead atoms. The van der Waals surface area contributed by atoms with Gasteiger partial charge in [0, 0.05) is 12.8 Å². The van der Waals surface area contributed by atoms with Crippen molar-refractivity contribution in [3.63, 3.8) is 0 Å². The molecular weight excluding hydrogens is 911 g/mol. The Kier molecular flexibility index (Phi) is 52.1. The minimum atomic E-state index is -1.63. The lowest BCUT2D eigenvalue weighted by atomic mass is 10.0. The van der Waals surface area contributed by atoms with E-state index in [-0.39, 0.29) is 38.6 Å². The summed E-state index contributed by atoms with van der Waals surface area (Å²) in [5, 5.41) is 11.8. The third kappa shape index (κ3) is 56.0. The number of aliphatic carboxylic acids is 1. The number of likely N-dealkylation sites (N-methyl/N-ethyl adjacent to an activating group) is 1. The highest BCUT2D eigenvalue weighted by Crippen LogP contribution is 2.16. The number of carboxylic acid groups (broad SMARTS) is 1. The molecule has 9 nitrogen and oxygen atoms in total. The van der Waals surface area contributed by atoms with Gasteiger partial charge in [0.1, 0.15) is 13.2 Å². The van der Waals surface area contributed by atoms with Gasteiger partial charge in [-0.3, -0.25) is 9.59 Å². The maximum Gasteiger partial charge on any atom is 0.306 e. The molecule has 0 rings (SSSR count). The van der Waals surface area contributed by atoms with Gasteiger partial charge in [-0.25, -0.2) is 0 Å². The molecule has 0 aliphatic carbocycles. The molecule has 0 aromatic rings. The first-order valence-electron chi connectivity index (χ1n) is 29.7. The SMILES string of the molecule is CC/C=C\C/C=C\C/C=C\C/C=C\CCCCCCCCCCCCCCCCCCCCC(=O)OC(COC(=O)CCCCCCCCC/C=C\C/C=C\C/C=C\CC)COC(OCC[N+](C)(C)C)C(=O)[O-].